The van der Waals surface area contributed by atoms with Crippen molar-refractivity contribution in [2.45, 2.75) is 38.6 Å². The Morgan fingerprint density at radius 2 is 1.62 bits per heavy atom. The molecular weight excluding hydrogens is 402 g/mol. The van der Waals surface area contributed by atoms with E-state index in [1.165, 1.54) is 0 Å². The monoisotopic (exact) mass is 429 g/mol. The predicted octanol–water partition coefficient (Wildman–Crippen LogP) is 4.54. The van der Waals surface area contributed by atoms with Crippen LogP contribution in [0.1, 0.15) is 38.8 Å². The fourth-order valence-electron chi connectivity index (χ4n) is 3.93. The molecule has 6 nitrogen and oxygen atoms in total. The van der Waals surface area contributed by atoms with E-state index >= 15 is 0 Å². The summed E-state index contributed by atoms with van der Waals surface area (Å²) >= 11 is 0. The van der Waals surface area contributed by atoms with Crippen LogP contribution in [-0.4, -0.2) is 29.3 Å². The molecule has 1 heterocycles. The Hall–Kier alpha value is -3.67. The highest BCUT2D eigenvalue weighted by Crippen LogP contribution is 2.31. The Bertz CT molecular complexity index is 1210. The van der Waals surface area contributed by atoms with Crippen LogP contribution in [-0.2, 0) is 20.5 Å². The van der Waals surface area contributed by atoms with Gasteiger partial charge >= 0.3 is 6.03 Å². The topological polar surface area (TPSA) is 78.5 Å². The number of nitrogens with one attached hydrogen (secondary N) is 2. The molecule has 0 aliphatic carbocycles. The Morgan fingerprint density at radius 1 is 0.969 bits per heavy atom. The lowest BCUT2D eigenvalue weighted by atomic mass is 9.87. The Kier molecular flexibility index (Phi) is 5.25. The molecule has 0 spiro atoms. The molecule has 3 aromatic carbocycles. The van der Waals surface area contributed by atoms with E-state index in [9.17, 15) is 14.4 Å². The zero-order chi connectivity index (χ0) is 23.1. The second kappa shape index (κ2) is 7.79. The predicted molar refractivity (Wildman–Crippen MR) is 125 cm³/mol. The normalized spacial score (nSPS) is 18.7. The van der Waals surface area contributed by atoms with Gasteiger partial charge in [0.05, 0.1) is 0 Å². The quantitative estimate of drug-likeness (QED) is 0.598. The van der Waals surface area contributed by atoms with Crippen LogP contribution >= 0.6 is 0 Å². The molecule has 2 N–H and O–H groups in total. The van der Waals surface area contributed by atoms with Crippen LogP contribution in [0.15, 0.2) is 66.7 Å². The maximum absolute atomic E-state index is 13.2. The van der Waals surface area contributed by atoms with Crippen molar-refractivity contribution in [3.8, 4) is 0 Å². The Labute approximate surface area is 187 Å². The number of carbonyl (C=O) groups is 3. The van der Waals surface area contributed by atoms with Gasteiger partial charge in [0, 0.05) is 5.69 Å². The van der Waals surface area contributed by atoms with E-state index in [2.05, 4.69) is 31.4 Å². The van der Waals surface area contributed by atoms with Crippen LogP contribution in [0.2, 0.25) is 0 Å². The van der Waals surface area contributed by atoms with Crippen molar-refractivity contribution in [3.05, 3.63) is 77.9 Å². The molecule has 4 amide bonds. The maximum Gasteiger partial charge on any atom is 0.325 e. The van der Waals surface area contributed by atoms with Gasteiger partial charge in [-0.2, -0.15) is 0 Å². The number of rotatable bonds is 4. The molecule has 164 valence electrons. The first-order chi connectivity index (χ1) is 15.1. The molecule has 1 unspecified atom stereocenters. The Balaban J connectivity index is 1.49. The minimum Gasteiger partial charge on any atom is -0.325 e. The van der Waals surface area contributed by atoms with Crippen LogP contribution in [0.4, 0.5) is 10.5 Å². The van der Waals surface area contributed by atoms with Gasteiger partial charge in [-0.05, 0) is 52.4 Å². The number of carbonyl (C=O) groups excluding carboxylic acids is 3. The highest BCUT2D eigenvalue weighted by molar-refractivity contribution is 6.10. The molecule has 1 aliphatic rings. The summed E-state index contributed by atoms with van der Waals surface area (Å²) in [4.78, 5) is 39.3. The molecule has 4 rings (SSSR count). The van der Waals surface area contributed by atoms with Gasteiger partial charge in [0.2, 0.25) is 5.91 Å². The summed E-state index contributed by atoms with van der Waals surface area (Å²) in [5.41, 5.74) is 1.23. The number of nitrogens with zero attached hydrogens (tertiary/aromatic N) is 1. The van der Waals surface area contributed by atoms with Crippen molar-refractivity contribution >= 4 is 34.3 Å². The van der Waals surface area contributed by atoms with E-state index in [-0.39, 0.29) is 12.0 Å². The van der Waals surface area contributed by atoms with Crippen molar-refractivity contribution < 1.29 is 14.4 Å². The number of benzene rings is 3. The van der Waals surface area contributed by atoms with Gasteiger partial charge < -0.3 is 10.6 Å². The first kappa shape index (κ1) is 21.6. The van der Waals surface area contributed by atoms with E-state index in [1.807, 2.05) is 66.7 Å². The van der Waals surface area contributed by atoms with E-state index in [4.69, 9.17) is 0 Å². The number of urea groups is 1. The summed E-state index contributed by atoms with van der Waals surface area (Å²) in [5.74, 6) is -0.879. The van der Waals surface area contributed by atoms with Crippen molar-refractivity contribution in [1.82, 2.24) is 10.2 Å². The molecule has 0 aromatic heterocycles. The molecule has 0 bridgehead atoms. The fourth-order valence-corrected chi connectivity index (χ4v) is 3.93. The minimum atomic E-state index is -1.23. The number of hydrogen-bond donors (Lipinski definition) is 2. The number of amides is 4. The second-order valence-corrected chi connectivity index (χ2v) is 9.38. The van der Waals surface area contributed by atoms with Gasteiger partial charge in [-0.1, -0.05) is 69.3 Å². The lowest BCUT2D eigenvalue weighted by Crippen LogP contribution is -2.42. The molecule has 0 saturated carbocycles. The summed E-state index contributed by atoms with van der Waals surface area (Å²) in [6, 6.07) is 20.5. The molecule has 32 heavy (non-hydrogen) atoms. The van der Waals surface area contributed by atoms with Crippen LogP contribution in [0, 0.1) is 0 Å². The standard InChI is InChI=1S/C26H27N3O3/c1-25(2,3)19-11-13-21(14-12-19)27-22(30)16-29-23(31)26(4,28-24(29)32)20-10-9-17-7-5-6-8-18(17)15-20/h5-15H,16H2,1-4H3,(H,27,30)(H,28,32). The molecule has 1 saturated heterocycles. The third kappa shape index (κ3) is 3.96. The summed E-state index contributed by atoms with van der Waals surface area (Å²) < 4.78 is 0. The van der Waals surface area contributed by atoms with Crippen LogP contribution in [0.5, 0.6) is 0 Å². The molecule has 3 aromatic rings. The van der Waals surface area contributed by atoms with Gasteiger partial charge in [-0.15, -0.1) is 0 Å². The van der Waals surface area contributed by atoms with E-state index in [0.717, 1.165) is 21.2 Å². The van der Waals surface area contributed by atoms with Crippen molar-refractivity contribution in [3.63, 3.8) is 0 Å². The largest absolute Gasteiger partial charge is 0.325 e. The zero-order valence-corrected chi connectivity index (χ0v) is 18.7. The lowest BCUT2D eigenvalue weighted by Gasteiger charge is -2.22. The summed E-state index contributed by atoms with van der Waals surface area (Å²) in [5, 5.41) is 7.55. The SMILES string of the molecule is CC(C)(C)c1ccc(NC(=O)CN2C(=O)NC(C)(c3ccc4ccccc4c3)C2=O)cc1. The average molecular weight is 430 g/mol. The highest BCUT2D eigenvalue weighted by atomic mass is 16.2. The van der Waals surface area contributed by atoms with E-state index < -0.39 is 23.4 Å². The molecule has 6 heteroatoms. The van der Waals surface area contributed by atoms with Gasteiger partial charge in [-0.25, -0.2) is 4.79 Å². The van der Waals surface area contributed by atoms with Crippen LogP contribution < -0.4 is 10.6 Å². The first-order valence-corrected chi connectivity index (χ1v) is 10.6. The lowest BCUT2D eigenvalue weighted by molar-refractivity contribution is -0.133. The third-order valence-corrected chi connectivity index (χ3v) is 5.94. The third-order valence-electron chi connectivity index (χ3n) is 5.94. The molecule has 1 fully saturated rings. The number of hydrogen-bond acceptors (Lipinski definition) is 3. The molecular formula is C26H27N3O3. The fraction of sp³-hybridized carbons (Fsp3) is 0.269. The molecule has 0 radical (unpaired) electrons. The molecule has 1 aliphatic heterocycles. The second-order valence-electron chi connectivity index (χ2n) is 9.38. The smallest absolute Gasteiger partial charge is 0.325 e. The van der Waals surface area contributed by atoms with Crippen LogP contribution in [0.3, 0.4) is 0 Å². The zero-order valence-electron chi connectivity index (χ0n) is 18.7. The summed E-state index contributed by atoms with van der Waals surface area (Å²) in [7, 11) is 0. The van der Waals surface area contributed by atoms with Gasteiger partial charge in [0.1, 0.15) is 12.1 Å². The van der Waals surface area contributed by atoms with Crippen molar-refractivity contribution in [2.75, 3.05) is 11.9 Å². The first-order valence-electron chi connectivity index (χ1n) is 10.6. The maximum atomic E-state index is 13.2. The molecule has 1 atom stereocenters. The highest BCUT2D eigenvalue weighted by Gasteiger charge is 2.49. The minimum absolute atomic E-state index is 0.00974. The Morgan fingerprint density at radius 3 is 2.28 bits per heavy atom. The van der Waals surface area contributed by atoms with Crippen LogP contribution in [0.25, 0.3) is 10.8 Å². The van der Waals surface area contributed by atoms with Gasteiger partial charge in [-0.3, -0.25) is 14.5 Å². The number of imide groups is 1. The summed E-state index contributed by atoms with van der Waals surface area (Å²) in [6.45, 7) is 7.66. The number of fused-ring (bicyclic) bond motifs is 1. The summed E-state index contributed by atoms with van der Waals surface area (Å²) in [6.07, 6.45) is 0. The van der Waals surface area contributed by atoms with Gasteiger partial charge in [0.15, 0.2) is 0 Å². The van der Waals surface area contributed by atoms with Crippen molar-refractivity contribution in [2.24, 2.45) is 0 Å². The van der Waals surface area contributed by atoms with E-state index in [0.29, 0.717) is 11.3 Å². The van der Waals surface area contributed by atoms with Crippen molar-refractivity contribution in [1.29, 1.82) is 0 Å². The average Bonchev–Trinajstić information content (AvgIpc) is 2.97. The number of anilines is 1. The van der Waals surface area contributed by atoms with E-state index in [1.54, 1.807) is 6.92 Å². The van der Waals surface area contributed by atoms with Gasteiger partial charge in [0.25, 0.3) is 5.91 Å².